The summed E-state index contributed by atoms with van der Waals surface area (Å²) in [6.07, 6.45) is 3.68. The molecule has 3 aromatic rings. The fraction of sp³-hybridized carbons (Fsp3) is 0.348. The van der Waals surface area contributed by atoms with E-state index in [2.05, 4.69) is 32.2 Å². The van der Waals surface area contributed by atoms with Crippen molar-refractivity contribution in [1.29, 1.82) is 0 Å². The predicted octanol–water partition coefficient (Wildman–Crippen LogP) is 4.72. The van der Waals surface area contributed by atoms with Gasteiger partial charge in [-0.25, -0.2) is 9.97 Å². The molecule has 1 aromatic heterocycles. The summed E-state index contributed by atoms with van der Waals surface area (Å²) in [6, 6.07) is 8.83. The molecule has 33 heavy (non-hydrogen) atoms. The lowest BCUT2D eigenvalue weighted by molar-refractivity contribution is 0.157. The molecule has 8 nitrogen and oxygen atoms in total. The second-order valence-electron chi connectivity index (χ2n) is 7.99. The Labute approximate surface area is 202 Å². The Balaban J connectivity index is 1.58. The summed E-state index contributed by atoms with van der Waals surface area (Å²) in [6.45, 7) is 2.82. The van der Waals surface area contributed by atoms with Gasteiger partial charge in [-0.1, -0.05) is 29.3 Å². The number of methoxy groups -OCH3 is 1. The highest BCUT2D eigenvalue weighted by molar-refractivity contribution is 6.39. The second kappa shape index (κ2) is 10.4. The minimum Gasteiger partial charge on any atom is -0.493 e. The molecule has 1 aliphatic heterocycles. The molecule has 0 aliphatic carbocycles. The van der Waals surface area contributed by atoms with E-state index in [1.54, 1.807) is 25.3 Å². The number of piperidine rings is 1. The zero-order chi connectivity index (χ0) is 23.4. The van der Waals surface area contributed by atoms with E-state index in [1.807, 2.05) is 12.1 Å². The van der Waals surface area contributed by atoms with Gasteiger partial charge in [0.15, 0.2) is 23.3 Å². The van der Waals surface area contributed by atoms with Crippen LogP contribution in [0.15, 0.2) is 41.7 Å². The molecular formula is C23H26Cl2N6O2. The maximum Gasteiger partial charge on any atom is 0.199 e. The molecule has 0 radical (unpaired) electrons. The number of aliphatic imine (C=N–C) groups is 1. The Kier molecular flexibility index (Phi) is 7.37. The number of aromatic nitrogens is 2. The number of rotatable bonds is 6. The number of anilines is 1. The Morgan fingerprint density at radius 2 is 1.91 bits per heavy atom. The van der Waals surface area contributed by atoms with E-state index in [9.17, 15) is 0 Å². The lowest BCUT2D eigenvalue weighted by Gasteiger charge is -2.28. The normalized spacial score (nSPS) is 15.6. The number of nitrogens with zero attached hydrogens (tertiary/aromatic N) is 4. The highest BCUT2D eigenvalue weighted by Crippen LogP contribution is 2.36. The minimum absolute atomic E-state index is 0.0894. The standard InChI is InChI=1S/C23H26Cl2N6O2/c1-31-8-6-14(7-9-31)12-33-20-11-18-15(10-19(20)32-2)22(28-13-27-18)30-23(26)29-21-16(24)4-3-5-17(21)25/h3-5,10-11,13-14H,6-9,12H2,1-2H3,(H3,26,27,28,29,30). The van der Waals surface area contributed by atoms with E-state index in [1.165, 1.54) is 6.33 Å². The lowest BCUT2D eigenvalue weighted by atomic mass is 9.98. The molecule has 0 bridgehead atoms. The van der Waals surface area contributed by atoms with Crippen molar-refractivity contribution in [3.63, 3.8) is 0 Å². The van der Waals surface area contributed by atoms with Gasteiger partial charge in [-0.3, -0.25) is 0 Å². The summed E-state index contributed by atoms with van der Waals surface area (Å²) in [7, 11) is 3.75. The molecular weight excluding hydrogens is 463 g/mol. The Morgan fingerprint density at radius 3 is 2.61 bits per heavy atom. The second-order valence-corrected chi connectivity index (χ2v) is 8.81. The predicted molar refractivity (Wildman–Crippen MR) is 133 cm³/mol. The van der Waals surface area contributed by atoms with Crippen molar-refractivity contribution in [2.45, 2.75) is 12.8 Å². The topological polar surface area (TPSA) is 97.9 Å². The highest BCUT2D eigenvalue weighted by Gasteiger charge is 2.19. The first-order valence-corrected chi connectivity index (χ1v) is 11.4. The Morgan fingerprint density at radius 1 is 1.18 bits per heavy atom. The number of hydrogen-bond donors (Lipinski definition) is 2. The van der Waals surface area contributed by atoms with Gasteiger partial charge in [-0.05, 0) is 57.1 Å². The third-order valence-corrected chi connectivity index (χ3v) is 6.28. The summed E-state index contributed by atoms with van der Waals surface area (Å²) in [5.41, 5.74) is 7.26. The van der Waals surface area contributed by atoms with Crippen LogP contribution in [0.5, 0.6) is 11.5 Å². The van der Waals surface area contributed by atoms with Crippen molar-refractivity contribution in [2.75, 3.05) is 39.2 Å². The van der Waals surface area contributed by atoms with Gasteiger partial charge in [0.2, 0.25) is 0 Å². The maximum atomic E-state index is 6.21. The minimum atomic E-state index is 0.0894. The van der Waals surface area contributed by atoms with Crippen molar-refractivity contribution in [3.8, 4) is 11.5 Å². The fourth-order valence-electron chi connectivity index (χ4n) is 3.74. The van der Waals surface area contributed by atoms with Crippen LogP contribution in [-0.4, -0.2) is 54.7 Å². The molecule has 174 valence electrons. The summed E-state index contributed by atoms with van der Waals surface area (Å²) in [5, 5.41) is 4.48. The monoisotopic (exact) mass is 488 g/mol. The van der Waals surface area contributed by atoms with E-state index in [-0.39, 0.29) is 5.96 Å². The number of nitrogens with one attached hydrogen (secondary N) is 1. The van der Waals surface area contributed by atoms with Crippen molar-refractivity contribution < 1.29 is 9.47 Å². The van der Waals surface area contributed by atoms with Crippen molar-refractivity contribution in [3.05, 3.63) is 46.7 Å². The summed E-state index contributed by atoms with van der Waals surface area (Å²) in [5.74, 6) is 2.23. The zero-order valence-electron chi connectivity index (χ0n) is 18.5. The van der Waals surface area contributed by atoms with Gasteiger partial charge in [-0.2, -0.15) is 4.99 Å². The fourth-order valence-corrected chi connectivity index (χ4v) is 4.23. The van der Waals surface area contributed by atoms with Crippen LogP contribution in [0, 0.1) is 5.92 Å². The van der Waals surface area contributed by atoms with Crippen LogP contribution in [-0.2, 0) is 0 Å². The largest absolute Gasteiger partial charge is 0.493 e. The van der Waals surface area contributed by atoms with E-state index >= 15 is 0 Å². The van der Waals surface area contributed by atoms with Crippen LogP contribution >= 0.6 is 23.2 Å². The van der Waals surface area contributed by atoms with Crippen LogP contribution in [0.4, 0.5) is 11.5 Å². The highest BCUT2D eigenvalue weighted by atomic mass is 35.5. The molecule has 10 heteroatoms. The third kappa shape index (κ3) is 5.58. The molecule has 0 atom stereocenters. The SMILES string of the molecule is COc1cc2c(N=C(N)Nc3c(Cl)cccc3Cl)ncnc2cc1OCC1CCN(C)CC1. The van der Waals surface area contributed by atoms with E-state index in [4.69, 9.17) is 38.4 Å². The molecule has 3 N–H and O–H groups in total. The van der Waals surface area contributed by atoms with Crippen molar-refractivity contribution in [1.82, 2.24) is 14.9 Å². The van der Waals surface area contributed by atoms with Gasteiger partial charge >= 0.3 is 0 Å². The quantitative estimate of drug-likeness (QED) is 0.382. The number of fused-ring (bicyclic) bond motifs is 1. The van der Waals surface area contributed by atoms with Crippen LogP contribution in [0.2, 0.25) is 10.0 Å². The van der Waals surface area contributed by atoms with Gasteiger partial charge in [0.25, 0.3) is 0 Å². The number of likely N-dealkylation sites (tertiary alicyclic amines) is 1. The lowest BCUT2D eigenvalue weighted by Crippen LogP contribution is -2.32. The number of guanidine groups is 1. The average molecular weight is 489 g/mol. The molecule has 0 unspecified atom stereocenters. The molecule has 1 fully saturated rings. The van der Waals surface area contributed by atoms with Crippen LogP contribution in [0.3, 0.4) is 0 Å². The number of nitrogens with two attached hydrogens (primary N) is 1. The Hall–Kier alpha value is -2.81. The van der Waals surface area contributed by atoms with Gasteiger partial charge in [0.1, 0.15) is 6.33 Å². The number of halogens is 2. The summed E-state index contributed by atoms with van der Waals surface area (Å²) >= 11 is 12.4. The summed E-state index contributed by atoms with van der Waals surface area (Å²) < 4.78 is 11.7. The van der Waals surface area contributed by atoms with Gasteiger partial charge in [0, 0.05) is 11.5 Å². The van der Waals surface area contributed by atoms with E-state index in [0.717, 1.165) is 25.9 Å². The smallest absolute Gasteiger partial charge is 0.199 e. The van der Waals surface area contributed by atoms with Crippen molar-refractivity contribution >= 4 is 51.6 Å². The van der Waals surface area contributed by atoms with E-state index in [0.29, 0.717) is 56.5 Å². The molecule has 2 aromatic carbocycles. The molecule has 1 saturated heterocycles. The Bertz CT molecular complexity index is 1140. The maximum absolute atomic E-state index is 6.21. The van der Waals surface area contributed by atoms with Gasteiger partial charge in [0.05, 0.1) is 35.0 Å². The molecule has 2 heterocycles. The van der Waals surface area contributed by atoms with Crippen LogP contribution in [0.1, 0.15) is 12.8 Å². The number of benzene rings is 2. The molecule has 1 aliphatic rings. The average Bonchev–Trinajstić information content (AvgIpc) is 2.81. The number of hydrogen-bond acceptors (Lipinski definition) is 6. The molecule has 0 spiro atoms. The molecule has 4 rings (SSSR count). The number of para-hydroxylation sites is 1. The first-order chi connectivity index (χ1) is 15.9. The van der Waals surface area contributed by atoms with Gasteiger partial charge < -0.3 is 25.4 Å². The number of ether oxygens (including phenoxy) is 2. The zero-order valence-corrected chi connectivity index (χ0v) is 20.0. The third-order valence-electron chi connectivity index (χ3n) is 5.65. The summed E-state index contributed by atoms with van der Waals surface area (Å²) in [4.78, 5) is 15.4. The van der Waals surface area contributed by atoms with Crippen molar-refractivity contribution in [2.24, 2.45) is 16.6 Å². The molecule has 0 saturated carbocycles. The van der Waals surface area contributed by atoms with Crippen LogP contribution < -0.4 is 20.5 Å². The van der Waals surface area contributed by atoms with Crippen LogP contribution in [0.25, 0.3) is 10.9 Å². The first-order valence-electron chi connectivity index (χ1n) is 10.6. The van der Waals surface area contributed by atoms with Gasteiger partial charge in [-0.15, -0.1) is 0 Å². The molecule has 0 amide bonds. The van der Waals surface area contributed by atoms with E-state index < -0.39 is 0 Å². The first kappa shape index (κ1) is 23.4.